The van der Waals surface area contributed by atoms with Crippen molar-refractivity contribution in [3.8, 4) is 0 Å². The van der Waals surface area contributed by atoms with Crippen molar-refractivity contribution >= 4 is 11.7 Å². The third-order valence-electron chi connectivity index (χ3n) is 3.70. The van der Waals surface area contributed by atoms with Crippen LogP contribution in [0.4, 0.5) is 5.69 Å². The van der Waals surface area contributed by atoms with E-state index in [4.69, 9.17) is 4.74 Å². The van der Waals surface area contributed by atoms with Gasteiger partial charge in [-0.1, -0.05) is 30.3 Å². The minimum atomic E-state index is -0.262. The normalized spacial score (nSPS) is 10.3. The number of benzene rings is 2. The van der Waals surface area contributed by atoms with E-state index in [1.54, 1.807) is 0 Å². The van der Waals surface area contributed by atoms with Crippen molar-refractivity contribution < 1.29 is 9.53 Å². The summed E-state index contributed by atoms with van der Waals surface area (Å²) in [5, 5.41) is 0. The van der Waals surface area contributed by atoms with Crippen LogP contribution in [-0.2, 0) is 11.2 Å². The molecule has 116 valence electrons. The minimum absolute atomic E-state index is 0.262. The van der Waals surface area contributed by atoms with Crippen LogP contribution in [0.3, 0.4) is 0 Å². The molecule has 2 rings (SSSR count). The summed E-state index contributed by atoms with van der Waals surface area (Å²) >= 11 is 0. The molecule has 0 fully saturated rings. The summed E-state index contributed by atoms with van der Waals surface area (Å²) < 4.78 is 5.33. The van der Waals surface area contributed by atoms with Crippen molar-refractivity contribution in [3.05, 3.63) is 65.7 Å². The van der Waals surface area contributed by atoms with Gasteiger partial charge in [-0.15, -0.1) is 0 Å². The lowest BCUT2D eigenvalue weighted by molar-refractivity contribution is 0.0509. The average Bonchev–Trinajstić information content (AvgIpc) is 2.57. The van der Waals surface area contributed by atoms with Crippen molar-refractivity contribution in [2.45, 2.75) is 20.3 Å². The molecule has 2 aromatic rings. The van der Waals surface area contributed by atoms with Crippen molar-refractivity contribution in [2.75, 3.05) is 24.6 Å². The molecule has 0 aliphatic rings. The zero-order valence-electron chi connectivity index (χ0n) is 13.3. The van der Waals surface area contributed by atoms with Gasteiger partial charge in [0, 0.05) is 25.2 Å². The fraction of sp³-hybridized carbons (Fsp3) is 0.316. The van der Waals surface area contributed by atoms with Crippen LogP contribution in [0.25, 0.3) is 0 Å². The number of carbonyl (C=O) groups excluding carboxylic acids is 1. The molecule has 2 aromatic carbocycles. The second-order valence-electron chi connectivity index (χ2n) is 5.09. The third-order valence-corrected chi connectivity index (χ3v) is 3.70. The second kappa shape index (κ2) is 8.23. The van der Waals surface area contributed by atoms with Gasteiger partial charge in [0.05, 0.1) is 12.2 Å². The molecule has 0 aliphatic carbocycles. The monoisotopic (exact) mass is 297 g/mol. The number of rotatable bonds is 7. The molecule has 0 N–H and O–H groups in total. The smallest absolute Gasteiger partial charge is 0.338 e. The molecular weight excluding hydrogens is 274 g/mol. The number of esters is 1. The third kappa shape index (κ3) is 4.35. The number of hydrogen-bond acceptors (Lipinski definition) is 3. The van der Waals surface area contributed by atoms with E-state index in [1.165, 1.54) is 5.56 Å². The molecule has 0 heterocycles. The number of nitrogens with zero attached hydrogens (tertiary/aromatic N) is 1. The zero-order chi connectivity index (χ0) is 15.8. The van der Waals surface area contributed by atoms with E-state index in [-0.39, 0.29) is 5.97 Å². The summed E-state index contributed by atoms with van der Waals surface area (Å²) in [4.78, 5) is 14.3. The predicted octanol–water partition coefficient (Wildman–Crippen LogP) is 3.93. The first kappa shape index (κ1) is 16.1. The highest BCUT2D eigenvalue weighted by Gasteiger charge is 2.08. The summed E-state index contributed by atoms with van der Waals surface area (Å²) in [5.41, 5.74) is 2.90. The van der Waals surface area contributed by atoms with Crippen LogP contribution >= 0.6 is 0 Å². The molecule has 22 heavy (non-hydrogen) atoms. The van der Waals surface area contributed by atoms with Gasteiger partial charge in [-0.2, -0.15) is 0 Å². The maximum absolute atomic E-state index is 12.0. The van der Waals surface area contributed by atoms with Gasteiger partial charge in [0.25, 0.3) is 0 Å². The number of hydrogen-bond donors (Lipinski definition) is 0. The SMILES string of the molecule is CCN(CC)c1ccc(C(=O)OCCc2ccccc2)cc1. The average molecular weight is 297 g/mol. The van der Waals surface area contributed by atoms with Crippen LogP contribution in [0, 0.1) is 0 Å². The summed E-state index contributed by atoms with van der Waals surface area (Å²) in [6, 6.07) is 17.6. The van der Waals surface area contributed by atoms with E-state index in [9.17, 15) is 4.79 Å². The van der Waals surface area contributed by atoms with Gasteiger partial charge in [-0.3, -0.25) is 0 Å². The second-order valence-corrected chi connectivity index (χ2v) is 5.09. The lowest BCUT2D eigenvalue weighted by Gasteiger charge is -2.20. The Bertz CT molecular complexity index is 574. The molecule has 0 spiro atoms. The highest BCUT2D eigenvalue weighted by atomic mass is 16.5. The molecule has 0 bridgehead atoms. The van der Waals surface area contributed by atoms with E-state index < -0.39 is 0 Å². The standard InChI is InChI=1S/C19H23NO2/c1-3-20(4-2)18-12-10-17(11-13-18)19(21)22-15-14-16-8-6-5-7-9-16/h5-13H,3-4,14-15H2,1-2H3. The topological polar surface area (TPSA) is 29.5 Å². The first-order chi connectivity index (χ1) is 10.7. The van der Waals surface area contributed by atoms with Crippen molar-refractivity contribution in [3.63, 3.8) is 0 Å². The molecule has 0 aliphatic heterocycles. The number of anilines is 1. The van der Waals surface area contributed by atoms with Gasteiger partial charge in [0.2, 0.25) is 0 Å². The Morgan fingerprint density at radius 3 is 2.18 bits per heavy atom. The zero-order valence-corrected chi connectivity index (χ0v) is 13.3. The Morgan fingerprint density at radius 2 is 1.59 bits per heavy atom. The maximum Gasteiger partial charge on any atom is 0.338 e. The van der Waals surface area contributed by atoms with Crippen molar-refractivity contribution in [2.24, 2.45) is 0 Å². The lowest BCUT2D eigenvalue weighted by Crippen LogP contribution is -2.21. The largest absolute Gasteiger partial charge is 0.462 e. The lowest BCUT2D eigenvalue weighted by atomic mass is 10.1. The summed E-state index contributed by atoms with van der Waals surface area (Å²) in [5.74, 6) is -0.262. The molecule has 0 amide bonds. The van der Waals surface area contributed by atoms with Gasteiger partial charge in [-0.05, 0) is 43.7 Å². The summed E-state index contributed by atoms with van der Waals surface area (Å²) in [6.07, 6.45) is 0.740. The first-order valence-electron chi connectivity index (χ1n) is 7.80. The minimum Gasteiger partial charge on any atom is -0.462 e. The maximum atomic E-state index is 12.0. The molecule has 3 heteroatoms. The molecule has 3 nitrogen and oxygen atoms in total. The van der Waals surface area contributed by atoms with E-state index in [0.29, 0.717) is 12.2 Å². The molecule has 0 atom stereocenters. The molecule has 0 aromatic heterocycles. The highest BCUT2D eigenvalue weighted by molar-refractivity contribution is 5.89. The van der Waals surface area contributed by atoms with Crippen LogP contribution in [0.5, 0.6) is 0 Å². The molecular formula is C19H23NO2. The highest BCUT2D eigenvalue weighted by Crippen LogP contribution is 2.15. The Balaban J connectivity index is 1.87. The Morgan fingerprint density at radius 1 is 0.955 bits per heavy atom. The molecule has 0 saturated heterocycles. The van der Waals surface area contributed by atoms with Crippen LogP contribution in [0.15, 0.2) is 54.6 Å². The van der Waals surface area contributed by atoms with Crippen LogP contribution in [-0.4, -0.2) is 25.7 Å². The van der Waals surface area contributed by atoms with Gasteiger partial charge in [0.1, 0.15) is 0 Å². The first-order valence-corrected chi connectivity index (χ1v) is 7.80. The van der Waals surface area contributed by atoms with Crippen LogP contribution in [0.1, 0.15) is 29.8 Å². The number of carbonyl (C=O) groups is 1. The predicted molar refractivity (Wildman–Crippen MR) is 90.4 cm³/mol. The van der Waals surface area contributed by atoms with Gasteiger partial charge in [-0.25, -0.2) is 4.79 Å². The summed E-state index contributed by atoms with van der Waals surface area (Å²) in [7, 11) is 0. The van der Waals surface area contributed by atoms with Crippen LogP contribution in [0.2, 0.25) is 0 Å². The Kier molecular flexibility index (Phi) is 6.01. The van der Waals surface area contributed by atoms with Crippen molar-refractivity contribution in [1.29, 1.82) is 0 Å². The molecule has 0 saturated carbocycles. The fourth-order valence-electron chi connectivity index (χ4n) is 2.39. The number of ether oxygens (including phenoxy) is 1. The fourth-order valence-corrected chi connectivity index (χ4v) is 2.39. The summed E-state index contributed by atoms with van der Waals surface area (Å²) in [6.45, 7) is 6.56. The van der Waals surface area contributed by atoms with Crippen LogP contribution < -0.4 is 4.90 Å². The molecule has 0 unspecified atom stereocenters. The van der Waals surface area contributed by atoms with E-state index in [2.05, 4.69) is 18.7 Å². The Hall–Kier alpha value is -2.29. The van der Waals surface area contributed by atoms with Gasteiger partial charge in [0.15, 0.2) is 0 Å². The van der Waals surface area contributed by atoms with Gasteiger partial charge < -0.3 is 9.64 Å². The molecule has 0 radical (unpaired) electrons. The van der Waals surface area contributed by atoms with E-state index >= 15 is 0 Å². The Labute approximate surface area is 132 Å². The quantitative estimate of drug-likeness (QED) is 0.725. The van der Waals surface area contributed by atoms with E-state index in [1.807, 2.05) is 54.6 Å². The van der Waals surface area contributed by atoms with E-state index in [0.717, 1.165) is 25.2 Å². The van der Waals surface area contributed by atoms with Gasteiger partial charge >= 0.3 is 5.97 Å². The van der Waals surface area contributed by atoms with Crippen molar-refractivity contribution in [1.82, 2.24) is 0 Å².